The van der Waals surface area contributed by atoms with Gasteiger partial charge in [-0.2, -0.15) is 4.31 Å². The second-order valence-electron chi connectivity index (χ2n) is 3.41. The van der Waals surface area contributed by atoms with E-state index in [-0.39, 0.29) is 16.7 Å². The molecule has 0 saturated carbocycles. The molecule has 1 aromatic rings. The first-order chi connectivity index (χ1) is 7.34. The van der Waals surface area contributed by atoms with E-state index >= 15 is 0 Å². The van der Waals surface area contributed by atoms with Crippen molar-refractivity contribution in [3.8, 4) is 0 Å². The van der Waals surface area contributed by atoms with E-state index < -0.39 is 10.0 Å². The third-order valence-electron chi connectivity index (χ3n) is 1.80. The summed E-state index contributed by atoms with van der Waals surface area (Å²) < 4.78 is 25.1. The topological polar surface area (TPSA) is 63.2 Å². The van der Waals surface area contributed by atoms with Crippen molar-refractivity contribution >= 4 is 21.6 Å². The highest BCUT2D eigenvalue weighted by atomic mass is 35.5. The molecule has 0 N–H and O–H groups in total. The van der Waals surface area contributed by atoms with Gasteiger partial charge in [0.15, 0.2) is 0 Å². The Bertz CT molecular complexity index is 484. The molecule has 5 nitrogen and oxygen atoms in total. The first-order valence-corrected chi connectivity index (χ1v) is 6.24. The summed E-state index contributed by atoms with van der Waals surface area (Å²) in [4.78, 5) is 7.28. The van der Waals surface area contributed by atoms with Crippen LogP contribution in [0.4, 0.5) is 0 Å². The van der Waals surface area contributed by atoms with Gasteiger partial charge < -0.3 is 0 Å². The Morgan fingerprint density at radius 1 is 1.50 bits per heavy atom. The normalized spacial score (nSPS) is 11.8. The zero-order valence-electron chi connectivity index (χ0n) is 9.01. The van der Waals surface area contributed by atoms with Crippen LogP contribution in [0, 0.1) is 0 Å². The number of hydrogen-bond acceptors (Lipinski definition) is 4. The lowest BCUT2D eigenvalue weighted by Crippen LogP contribution is -2.28. The Balaban J connectivity index is 3.02. The van der Waals surface area contributed by atoms with Crippen molar-refractivity contribution in [2.75, 3.05) is 13.6 Å². The first-order valence-electron chi connectivity index (χ1n) is 4.42. The summed E-state index contributed by atoms with van der Waals surface area (Å²) in [5.41, 5.74) is 0.751. The van der Waals surface area contributed by atoms with Gasteiger partial charge in [-0.3, -0.25) is 0 Å². The third kappa shape index (κ3) is 3.01. The van der Waals surface area contributed by atoms with Crippen LogP contribution in [0.2, 0.25) is 5.28 Å². The Hall–Kier alpha value is -0.980. The number of sulfonamides is 1. The largest absolute Gasteiger partial charge is 0.246 e. The Labute approximate surface area is 99.8 Å². The van der Waals surface area contributed by atoms with Crippen molar-refractivity contribution in [3.05, 3.63) is 29.8 Å². The molecular formula is C9H12ClN3O2S. The van der Waals surface area contributed by atoms with Crippen molar-refractivity contribution in [1.82, 2.24) is 14.3 Å². The standard InChI is InChI=1S/C9H12ClN3O2S/c1-7(2)6-13(3)16(14,15)8-4-11-9(10)12-5-8/h4-5H,1,6H2,2-3H3. The maximum Gasteiger partial charge on any atom is 0.246 e. The SMILES string of the molecule is C=C(C)CN(C)S(=O)(=O)c1cnc(Cl)nc1. The van der Waals surface area contributed by atoms with E-state index in [1.54, 1.807) is 6.92 Å². The van der Waals surface area contributed by atoms with E-state index in [0.717, 1.165) is 5.57 Å². The highest BCUT2D eigenvalue weighted by Gasteiger charge is 2.21. The van der Waals surface area contributed by atoms with Crippen LogP contribution >= 0.6 is 11.6 Å². The second kappa shape index (κ2) is 4.90. The van der Waals surface area contributed by atoms with Crippen molar-refractivity contribution in [1.29, 1.82) is 0 Å². The van der Waals surface area contributed by atoms with Crippen LogP contribution in [-0.2, 0) is 10.0 Å². The minimum atomic E-state index is -3.56. The first kappa shape index (κ1) is 13.1. The van der Waals surface area contributed by atoms with Gasteiger partial charge in [-0.25, -0.2) is 18.4 Å². The van der Waals surface area contributed by atoms with E-state index in [1.807, 2.05) is 0 Å². The molecule has 0 spiro atoms. The number of rotatable bonds is 4. The van der Waals surface area contributed by atoms with Crippen molar-refractivity contribution < 1.29 is 8.42 Å². The average Bonchev–Trinajstić information content (AvgIpc) is 2.17. The summed E-state index contributed by atoms with van der Waals surface area (Å²) >= 11 is 5.48. The lowest BCUT2D eigenvalue weighted by Gasteiger charge is -2.16. The van der Waals surface area contributed by atoms with Gasteiger partial charge in [-0.05, 0) is 18.5 Å². The van der Waals surface area contributed by atoms with Crippen LogP contribution < -0.4 is 0 Å². The van der Waals surface area contributed by atoms with Crippen LogP contribution in [-0.4, -0.2) is 36.3 Å². The van der Waals surface area contributed by atoms with Gasteiger partial charge in [-0.15, -0.1) is 0 Å². The molecule has 1 heterocycles. The van der Waals surface area contributed by atoms with Crippen LogP contribution in [0.3, 0.4) is 0 Å². The molecule has 1 rings (SSSR count). The smallest absolute Gasteiger partial charge is 0.225 e. The molecule has 7 heteroatoms. The summed E-state index contributed by atoms with van der Waals surface area (Å²) in [6, 6.07) is 0. The quantitative estimate of drug-likeness (QED) is 0.606. The summed E-state index contributed by atoms with van der Waals surface area (Å²) in [5.74, 6) is 0. The summed E-state index contributed by atoms with van der Waals surface area (Å²) in [7, 11) is -2.09. The van der Waals surface area contributed by atoms with Gasteiger partial charge in [-0.1, -0.05) is 12.2 Å². The van der Waals surface area contributed by atoms with Crippen LogP contribution in [0.15, 0.2) is 29.4 Å². The average molecular weight is 262 g/mol. The highest BCUT2D eigenvalue weighted by Crippen LogP contribution is 2.13. The Morgan fingerprint density at radius 3 is 2.44 bits per heavy atom. The molecule has 0 unspecified atom stereocenters. The lowest BCUT2D eigenvalue weighted by atomic mass is 10.4. The van der Waals surface area contributed by atoms with E-state index in [0.29, 0.717) is 0 Å². The predicted molar refractivity (Wildman–Crippen MR) is 61.7 cm³/mol. The number of halogens is 1. The molecule has 0 saturated heterocycles. The maximum atomic E-state index is 11.9. The zero-order valence-corrected chi connectivity index (χ0v) is 10.6. The molecule has 1 aromatic heterocycles. The molecule has 0 bridgehead atoms. The fourth-order valence-electron chi connectivity index (χ4n) is 1.08. The molecule has 0 atom stereocenters. The third-order valence-corrected chi connectivity index (χ3v) is 3.75. The highest BCUT2D eigenvalue weighted by molar-refractivity contribution is 7.89. The minimum absolute atomic E-state index is 0.0145. The second-order valence-corrected chi connectivity index (χ2v) is 5.79. The number of likely N-dealkylation sites (N-methyl/N-ethyl adjacent to an activating group) is 1. The van der Waals surface area contributed by atoms with Gasteiger partial charge in [0.25, 0.3) is 0 Å². The Morgan fingerprint density at radius 2 is 2.00 bits per heavy atom. The molecule has 0 amide bonds. The van der Waals surface area contributed by atoms with E-state index in [1.165, 1.54) is 23.7 Å². The van der Waals surface area contributed by atoms with E-state index in [9.17, 15) is 8.42 Å². The van der Waals surface area contributed by atoms with Gasteiger partial charge in [0, 0.05) is 13.6 Å². The van der Waals surface area contributed by atoms with Crippen LogP contribution in [0.5, 0.6) is 0 Å². The molecule has 16 heavy (non-hydrogen) atoms. The zero-order chi connectivity index (χ0) is 12.3. The fourth-order valence-corrected chi connectivity index (χ4v) is 2.30. The van der Waals surface area contributed by atoms with Crippen LogP contribution in [0.25, 0.3) is 0 Å². The fraction of sp³-hybridized carbons (Fsp3) is 0.333. The molecule has 0 radical (unpaired) electrons. The molecule has 0 aliphatic heterocycles. The van der Waals surface area contributed by atoms with Gasteiger partial charge in [0.05, 0.1) is 12.4 Å². The maximum absolute atomic E-state index is 11.9. The van der Waals surface area contributed by atoms with E-state index in [4.69, 9.17) is 11.6 Å². The van der Waals surface area contributed by atoms with Gasteiger partial charge in [0.1, 0.15) is 4.90 Å². The molecule has 0 aliphatic rings. The summed E-state index contributed by atoms with van der Waals surface area (Å²) in [6.07, 6.45) is 2.36. The minimum Gasteiger partial charge on any atom is -0.225 e. The molecule has 0 fully saturated rings. The molecular weight excluding hydrogens is 250 g/mol. The van der Waals surface area contributed by atoms with E-state index in [2.05, 4.69) is 16.5 Å². The Kier molecular flexibility index (Phi) is 4.01. The van der Waals surface area contributed by atoms with Crippen molar-refractivity contribution in [2.24, 2.45) is 0 Å². The van der Waals surface area contributed by atoms with Crippen LogP contribution in [0.1, 0.15) is 6.92 Å². The molecule has 88 valence electrons. The predicted octanol–water partition coefficient (Wildman–Crippen LogP) is 1.33. The van der Waals surface area contributed by atoms with Crippen molar-refractivity contribution in [3.63, 3.8) is 0 Å². The van der Waals surface area contributed by atoms with Gasteiger partial charge >= 0.3 is 0 Å². The number of aromatic nitrogens is 2. The summed E-state index contributed by atoms with van der Waals surface area (Å²) in [5, 5.41) is 0.0153. The van der Waals surface area contributed by atoms with Crippen molar-refractivity contribution in [2.45, 2.75) is 11.8 Å². The monoisotopic (exact) mass is 261 g/mol. The molecule has 0 aromatic carbocycles. The lowest BCUT2D eigenvalue weighted by molar-refractivity contribution is 0.492. The summed E-state index contributed by atoms with van der Waals surface area (Å²) in [6.45, 7) is 5.67. The number of hydrogen-bond donors (Lipinski definition) is 0. The number of nitrogens with zero attached hydrogens (tertiary/aromatic N) is 3. The van der Waals surface area contributed by atoms with Gasteiger partial charge in [0.2, 0.25) is 15.3 Å². The molecule has 0 aliphatic carbocycles.